The molecule has 122 valence electrons. The molecular weight excluding hydrogens is 302 g/mol. The highest BCUT2D eigenvalue weighted by molar-refractivity contribution is 5.63. The zero-order valence-corrected chi connectivity index (χ0v) is 13.9. The highest BCUT2D eigenvalue weighted by Crippen LogP contribution is 2.22. The van der Waals surface area contributed by atoms with Crippen LogP contribution in [-0.2, 0) is 12.8 Å². The SMILES string of the molecule is Cc1ccc(-c2ccc(CCc3c(F)cc(C)cc3F)cc2)cc1. The predicted molar refractivity (Wildman–Crippen MR) is 95.1 cm³/mol. The molecule has 0 radical (unpaired) electrons. The number of halogens is 2. The molecule has 0 aliphatic carbocycles. The van der Waals surface area contributed by atoms with Crippen LogP contribution in [0.15, 0.2) is 60.7 Å². The first-order valence-electron chi connectivity index (χ1n) is 8.13. The zero-order chi connectivity index (χ0) is 17.1. The Morgan fingerprint density at radius 3 is 1.67 bits per heavy atom. The lowest BCUT2D eigenvalue weighted by atomic mass is 9.99. The van der Waals surface area contributed by atoms with Gasteiger partial charge in [0.15, 0.2) is 0 Å². The Balaban J connectivity index is 1.72. The molecule has 0 N–H and O–H groups in total. The average Bonchev–Trinajstić information content (AvgIpc) is 2.55. The molecular formula is C22H20F2. The van der Waals surface area contributed by atoms with E-state index in [1.165, 1.54) is 23.3 Å². The molecule has 0 aromatic heterocycles. The minimum atomic E-state index is -0.455. The van der Waals surface area contributed by atoms with Crippen LogP contribution in [0, 0.1) is 25.5 Å². The Bertz CT molecular complexity index is 808. The molecule has 0 unspecified atom stereocenters. The molecule has 0 nitrogen and oxygen atoms in total. The van der Waals surface area contributed by atoms with E-state index in [2.05, 4.69) is 43.3 Å². The van der Waals surface area contributed by atoms with Crippen LogP contribution < -0.4 is 0 Å². The van der Waals surface area contributed by atoms with Crippen LogP contribution in [-0.4, -0.2) is 0 Å². The molecule has 0 heterocycles. The number of hydrogen-bond acceptors (Lipinski definition) is 0. The molecule has 0 aliphatic heterocycles. The van der Waals surface area contributed by atoms with Crippen molar-refractivity contribution in [1.29, 1.82) is 0 Å². The quantitative estimate of drug-likeness (QED) is 0.550. The van der Waals surface area contributed by atoms with Gasteiger partial charge < -0.3 is 0 Å². The third-order valence-electron chi connectivity index (χ3n) is 4.29. The summed E-state index contributed by atoms with van der Waals surface area (Å²) in [6.45, 7) is 3.76. The van der Waals surface area contributed by atoms with E-state index in [-0.39, 0.29) is 5.56 Å². The number of benzene rings is 3. The van der Waals surface area contributed by atoms with Crippen molar-refractivity contribution in [3.05, 3.63) is 94.6 Å². The fraction of sp³-hybridized carbons (Fsp3) is 0.182. The van der Waals surface area contributed by atoms with Crippen molar-refractivity contribution in [2.24, 2.45) is 0 Å². The van der Waals surface area contributed by atoms with Gasteiger partial charge in [-0.15, -0.1) is 0 Å². The van der Waals surface area contributed by atoms with E-state index >= 15 is 0 Å². The van der Waals surface area contributed by atoms with Crippen LogP contribution >= 0.6 is 0 Å². The Morgan fingerprint density at radius 2 is 1.12 bits per heavy atom. The topological polar surface area (TPSA) is 0 Å². The standard InChI is InChI=1S/C22H20F2/c1-15-3-8-18(9-4-15)19-10-5-17(6-11-19)7-12-20-21(23)13-16(2)14-22(20)24/h3-6,8-11,13-14H,7,12H2,1-2H3. The highest BCUT2D eigenvalue weighted by Gasteiger charge is 2.10. The lowest BCUT2D eigenvalue weighted by molar-refractivity contribution is 0.553. The summed E-state index contributed by atoms with van der Waals surface area (Å²) in [7, 11) is 0. The molecule has 0 bridgehead atoms. The fourth-order valence-corrected chi connectivity index (χ4v) is 2.85. The third-order valence-corrected chi connectivity index (χ3v) is 4.29. The van der Waals surface area contributed by atoms with Crippen LogP contribution in [0.4, 0.5) is 8.78 Å². The molecule has 0 spiro atoms. The Kier molecular flexibility index (Phi) is 4.75. The lowest BCUT2D eigenvalue weighted by Crippen LogP contribution is -1.99. The minimum Gasteiger partial charge on any atom is -0.207 e. The largest absolute Gasteiger partial charge is 0.207 e. The monoisotopic (exact) mass is 322 g/mol. The van der Waals surface area contributed by atoms with Gasteiger partial charge in [-0.1, -0.05) is 54.1 Å². The summed E-state index contributed by atoms with van der Waals surface area (Å²) >= 11 is 0. The van der Waals surface area contributed by atoms with Gasteiger partial charge in [-0.05, 0) is 61.1 Å². The maximum Gasteiger partial charge on any atom is 0.129 e. The second-order valence-electron chi connectivity index (χ2n) is 6.27. The highest BCUT2D eigenvalue weighted by atomic mass is 19.1. The molecule has 0 saturated heterocycles. The summed E-state index contributed by atoms with van der Waals surface area (Å²) in [4.78, 5) is 0. The first kappa shape index (κ1) is 16.4. The van der Waals surface area contributed by atoms with Crippen molar-refractivity contribution in [1.82, 2.24) is 0 Å². The molecule has 3 aromatic rings. The van der Waals surface area contributed by atoms with E-state index in [9.17, 15) is 8.78 Å². The number of aryl methyl sites for hydroxylation is 3. The van der Waals surface area contributed by atoms with Gasteiger partial charge in [0, 0.05) is 5.56 Å². The summed E-state index contributed by atoms with van der Waals surface area (Å²) in [6, 6.07) is 19.3. The summed E-state index contributed by atoms with van der Waals surface area (Å²) in [5, 5.41) is 0. The molecule has 3 aromatic carbocycles. The van der Waals surface area contributed by atoms with Gasteiger partial charge >= 0.3 is 0 Å². The van der Waals surface area contributed by atoms with Crippen molar-refractivity contribution in [3.63, 3.8) is 0 Å². The maximum atomic E-state index is 13.9. The van der Waals surface area contributed by atoms with E-state index in [1.807, 2.05) is 12.1 Å². The molecule has 0 fully saturated rings. The van der Waals surface area contributed by atoms with E-state index in [4.69, 9.17) is 0 Å². The third kappa shape index (κ3) is 3.70. The Labute approximate surface area is 141 Å². The zero-order valence-electron chi connectivity index (χ0n) is 13.9. The Hall–Kier alpha value is -2.48. The van der Waals surface area contributed by atoms with E-state index in [1.54, 1.807) is 6.92 Å². The normalized spacial score (nSPS) is 10.8. The minimum absolute atomic E-state index is 0.170. The second kappa shape index (κ2) is 6.96. The summed E-state index contributed by atoms with van der Waals surface area (Å²) in [5.74, 6) is -0.910. The van der Waals surface area contributed by atoms with E-state index < -0.39 is 11.6 Å². The van der Waals surface area contributed by atoms with Crippen molar-refractivity contribution in [2.75, 3.05) is 0 Å². The number of rotatable bonds is 4. The molecule has 0 atom stereocenters. The summed E-state index contributed by atoms with van der Waals surface area (Å²) in [5.41, 5.74) is 5.40. The summed E-state index contributed by atoms with van der Waals surface area (Å²) in [6.07, 6.45) is 0.979. The smallest absolute Gasteiger partial charge is 0.129 e. The molecule has 24 heavy (non-hydrogen) atoms. The number of hydrogen-bond donors (Lipinski definition) is 0. The van der Waals surface area contributed by atoms with Crippen LogP contribution in [0.25, 0.3) is 11.1 Å². The molecule has 0 aliphatic rings. The van der Waals surface area contributed by atoms with Crippen LogP contribution in [0.1, 0.15) is 22.3 Å². The first-order valence-corrected chi connectivity index (χ1v) is 8.13. The van der Waals surface area contributed by atoms with Crippen molar-refractivity contribution < 1.29 is 8.78 Å². The second-order valence-corrected chi connectivity index (χ2v) is 6.27. The first-order chi connectivity index (χ1) is 11.5. The van der Waals surface area contributed by atoms with Gasteiger partial charge in [-0.2, -0.15) is 0 Å². The summed E-state index contributed by atoms with van der Waals surface area (Å²) < 4.78 is 27.8. The van der Waals surface area contributed by atoms with Crippen molar-refractivity contribution >= 4 is 0 Å². The van der Waals surface area contributed by atoms with Gasteiger partial charge in [0.05, 0.1) is 0 Å². The van der Waals surface area contributed by atoms with Crippen LogP contribution in [0.5, 0.6) is 0 Å². The average molecular weight is 322 g/mol. The molecule has 0 saturated carbocycles. The fourth-order valence-electron chi connectivity index (χ4n) is 2.85. The van der Waals surface area contributed by atoms with Crippen molar-refractivity contribution in [3.8, 4) is 11.1 Å². The molecule has 3 rings (SSSR count). The molecule has 0 amide bonds. The lowest BCUT2D eigenvalue weighted by Gasteiger charge is -2.08. The van der Waals surface area contributed by atoms with Gasteiger partial charge in [-0.25, -0.2) is 8.78 Å². The maximum absolute atomic E-state index is 13.9. The van der Waals surface area contributed by atoms with Crippen LogP contribution in [0.3, 0.4) is 0 Å². The van der Waals surface area contributed by atoms with Gasteiger partial charge in [0.25, 0.3) is 0 Å². The van der Waals surface area contributed by atoms with Crippen LogP contribution in [0.2, 0.25) is 0 Å². The predicted octanol–water partition coefficient (Wildman–Crippen LogP) is 6.03. The van der Waals surface area contributed by atoms with Crippen molar-refractivity contribution in [2.45, 2.75) is 26.7 Å². The van der Waals surface area contributed by atoms with Gasteiger partial charge in [0.1, 0.15) is 11.6 Å². The van der Waals surface area contributed by atoms with Gasteiger partial charge in [0.2, 0.25) is 0 Å². The Morgan fingerprint density at radius 1 is 0.625 bits per heavy atom. The van der Waals surface area contributed by atoms with E-state index in [0.29, 0.717) is 18.4 Å². The van der Waals surface area contributed by atoms with E-state index in [0.717, 1.165) is 11.1 Å². The molecule has 2 heteroatoms. The van der Waals surface area contributed by atoms with Gasteiger partial charge in [-0.3, -0.25) is 0 Å².